The lowest BCUT2D eigenvalue weighted by atomic mass is 9.97. The van der Waals surface area contributed by atoms with Crippen molar-refractivity contribution in [3.63, 3.8) is 0 Å². The molecule has 2 aromatic heterocycles. The van der Waals surface area contributed by atoms with E-state index in [4.69, 9.17) is 23.2 Å². The third kappa shape index (κ3) is 3.62. The maximum absolute atomic E-state index is 13.0. The molecular formula is C22H20Cl2N4O2. The molecule has 4 rings (SSSR count). The molecule has 1 unspecified atom stereocenters. The van der Waals surface area contributed by atoms with Gasteiger partial charge in [0.05, 0.1) is 17.8 Å². The van der Waals surface area contributed by atoms with Crippen molar-refractivity contribution < 1.29 is 5.11 Å². The van der Waals surface area contributed by atoms with Gasteiger partial charge in [-0.15, -0.1) is 5.10 Å². The number of rotatable bonds is 4. The SMILES string of the molecule is CC(n1nc2c(-c3ccc(Cl)cc3)c(-c3ccc(Cl)cc3)cnn2c1=O)C(C)(C)O. The second-order valence-corrected chi connectivity index (χ2v) is 8.61. The Morgan fingerprint density at radius 2 is 1.50 bits per heavy atom. The number of aliphatic hydroxyl groups is 1. The van der Waals surface area contributed by atoms with E-state index in [-0.39, 0.29) is 0 Å². The molecule has 6 nitrogen and oxygen atoms in total. The molecule has 2 heterocycles. The number of fused-ring (bicyclic) bond motifs is 1. The Bertz CT molecular complexity index is 1270. The Morgan fingerprint density at radius 1 is 0.967 bits per heavy atom. The van der Waals surface area contributed by atoms with Crippen molar-refractivity contribution in [3.8, 4) is 22.3 Å². The summed E-state index contributed by atoms with van der Waals surface area (Å²) in [7, 11) is 0. The minimum Gasteiger partial charge on any atom is -0.388 e. The molecule has 4 aromatic rings. The molecule has 30 heavy (non-hydrogen) atoms. The van der Waals surface area contributed by atoms with Gasteiger partial charge in [0.15, 0.2) is 5.65 Å². The highest BCUT2D eigenvalue weighted by atomic mass is 35.5. The first kappa shape index (κ1) is 20.6. The van der Waals surface area contributed by atoms with Gasteiger partial charge in [-0.3, -0.25) is 0 Å². The fourth-order valence-corrected chi connectivity index (χ4v) is 3.49. The minimum absolute atomic E-state index is 0.394. The lowest BCUT2D eigenvalue weighted by Crippen LogP contribution is -2.37. The molecule has 0 amide bonds. The highest BCUT2D eigenvalue weighted by Gasteiger charge is 2.29. The molecule has 1 N–H and O–H groups in total. The largest absolute Gasteiger partial charge is 0.388 e. The topological polar surface area (TPSA) is 72.4 Å². The average molecular weight is 443 g/mol. The molecule has 0 aliphatic rings. The van der Waals surface area contributed by atoms with Crippen LogP contribution in [0.4, 0.5) is 0 Å². The van der Waals surface area contributed by atoms with Gasteiger partial charge in [0.2, 0.25) is 0 Å². The highest BCUT2D eigenvalue weighted by molar-refractivity contribution is 6.31. The van der Waals surface area contributed by atoms with Gasteiger partial charge in [-0.1, -0.05) is 47.5 Å². The standard InChI is InChI=1S/C22H20Cl2N4O2/c1-13(22(2,3)30)27-21(29)28-20(26-27)19(15-6-10-17(24)11-7-15)18(12-25-28)14-4-8-16(23)9-5-14/h4-13,30H,1-3H3. The van der Waals surface area contributed by atoms with Gasteiger partial charge in [0.1, 0.15) is 0 Å². The molecule has 8 heteroatoms. The van der Waals surface area contributed by atoms with Crippen molar-refractivity contribution in [2.75, 3.05) is 0 Å². The first-order chi connectivity index (χ1) is 14.2. The zero-order chi connectivity index (χ0) is 21.6. The summed E-state index contributed by atoms with van der Waals surface area (Å²) in [6, 6.07) is 14.2. The lowest BCUT2D eigenvalue weighted by molar-refractivity contribution is 0.0243. The molecule has 0 aliphatic carbocycles. The van der Waals surface area contributed by atoms with E-state index >= 15 is 0 Å². The van der Waals surface area contributed by atoms with Crippen molar-refractivity contribution >= 4 is 28.8 Å². The fraction of sp³-hybridized carbons (Fsp3) is 0.227. The summed E-state index contributed by atoms with van der Waals surface area (Å²) in [5.41, 5.74) is 2.10. The third-order valence-electron chi connectivity index (χ3n) is 5.25. The summed E-state index contributed by atoms with van der Waals surface area (Å²) in [5, 5.41) is 20.6. The van der Waals surface area contributed by atoms with Crippen molar-refractivity contribution in [1.82, 2.24) is 19.4 Å². The van der Waals surface area contributed by atoms with E-state index in [1.54, 1.807) is 51.2 Å². The van der Waals surface area contributed by atoms with Crippen LogP contribution in [0.1, 0.15) is 26.8 Å². The van der Waals surface area contributed by atoms with E-state index in [0.717, 1.165) is 22.3 Å². The number of aromatic nitrogens is 4. The highest BCUT2D eigenvalue weighted by Crippen LogP contribution is 2.35. The molecule has 0 bridgehead atoms. The van der Waals surface area contributed by atoms with E-state index in [1.165, 1.54) is 9.20 Å². The van der Waals surface area contributed by atoms with Crippen LogP contribution in [0.5, 0.6) is 0 Å². The van der Waals surface area contributed by atoms with E-state index in [1.807, 2.05) is 24.3 Å². The molecule has 0 fully saturated rings. The summed E-state index contributed by atoms with van der Waals surface area (Å²) < 4.78 is 2.53. The summed E-state index contributed by atoms with van der Waals surface area (Å²) in [6.07, 6.45) is 1.64. The maximum Gasteiger partial charge on any atom is 0.367 e. The van der Waals surface area contributed by atoms with Crippen LogP contribution >= 0.6 is 23.2 Å². The molecule has 0 aliphatic heterocycles. The third-order valence-corrected chi connectivity index (χ3v) is 5.76. The Morgan fingerprint density at radius 3 is 2.03 bits per heavy atom. The lowest BCUT2D eigenvalue weighted by Gasteiger charge is -2.24. The Balaban J connectivity index is 2.05. The molecule has 0 spiro atoms. The number of halogens is 2. The zero-order valence-electron chi connectivity index (χ0n) is 16.7. The van der Waals surface area contributed by atoms with Crippen LogP contribution in [0, 0.1) is 0 Å². The first-order valence-electron chi connectivity index (χ1n) is 9.41. The van der Waals surface area contributed by atoms with Gasteiger partial charge in [0.25, 0.3) is 0 Å². The molecule has 154 valence electrons. The van der Waals surface area contributed by atoms with Crippen molar-refractivity contribution in [2.24, 2.45) is 0 Å². The molecule has 0 saturated carbocycles. The Hall–Kier alpha value is -2.67. The monoisotopic (exact) mass is 442 g/mol. The number of hydrogen-bond donors (Lipinski definition) is 1. The molecule has 0 saturated heterocycles. The van der Waals surface area contributed by atoms with Crippen LogP contribution in [-0.2, 0) is 0 Å². The average Bonchev–Trinajstić information content (AvgIpc) is 3.04. The molecule has 0 radical (unpaired) electrons. The van der Waals surface area contributed by atoms with Crippen LogP contribution < -0.4 is 5.69 Å². The fourth-order valence-electron chi connectivity index (χ4n) is 3.24. The molecular weight excluding hydrogens is 423 g/mol. The maximum atomic E-state index is 13.0. The second kappa shape index (κ2) is 7.54. The van der Waals surface area contributed by atoms with Crippen molar-refractivity contribution in [2.45, 2.75) is 32.4 Å². The van der Waals surface area contributed by atoms with Crippen LogP contribution in [0.25, 0.3) is 27.9 Å². The molecule has 1 atom stereocenters. The zero-order valence-corrected chi connectivity index (χ0v) is 18.2. The summed E-state index contributed by atoms with van der Waals surface area (Å²) in [6.45, 7) is 5.03. The number of benzene rings is 2. The van der Waals surface area contributed by atoms with Gasteiger partial charge in [-0.25, -0.2) is 9.48 Å². The van der Waals surface area contributed by atoms with Gasteiger partial charge in [-0.05, 0) is 56.2 Å². The van der Waals surface area contributed by atoms with Gasteiger partial charge in [0, 0.05) is 21.2 Å². The van der Waals surface area contributed by atoms with Gasteiger partial charge in [-0.2, -0.15) is 9.61 Å². The second-order valence-electron chi connectivity index (χ2n) is 7.74. The normalized spacial score (nSPS) is 13.0. The van der Waals surface area contributed by atoms with Gasteiger partial charge < -0.3 is 5.11 Å². The predicted octanol–water partition coefficient (Wildman–Crippen LogP) is 4.86. The number of nitrogens with zero attached hydrogens (tertiary/aromatic N) is 4. The molecule has 2 aromatic carbocycles. The smallest absolute Gasteiger partial charge is 0.367 e. The van der Waals surface area contributed by atoms with E-state index < -0.39 is 17.3 Å². The first-order valence-corrected chi connectivity index (χ1v) is 10.2. The van der Waals surface area contributed by atoms with Crippen molar-refractivity contribution in [3.05, 3.63) is 75.3 Å². The summed E-state index contributed by atoms with van der Waals surface area (Å²) >= 11 is 12.1. The van der Waals surface area contributed by atoms with Crippen LogP contribution in [0.3, 0.4) is 0 Å². The quantitative estimate of drug-likeness (QED) is 0.489. The number of hydrogen-bond acceptors (Lipinski definition) is 4. The minimum atomic E-state index is -1.14. The predicted molar refractivity (Wildman–Crippen MR) is 119 cm³/mol. The van der Waals surface area contributed by atoms with E-state index in [9.17, 15) is 9.90 Å². The van der Waals surface area contributed by atoms with Crippen molar-refractivity contribution in [1.29, 1.82) is 0 Å². The van der Waals surface area contributed by atoms with E-state index in [2.05, 4.69) is 10.2 Å². The van der Waals surface area contributed by atoms with Crippen LogP contribution in [0.2, 0.25) is 10.0 Å². The van der Waals surface area contributed by atoms with Crippen LogP contribution in [0.15, 0.2) is 59.5 Å². The Kier molecular flexibility index (Phi) is 5.18. The van der Waals surface area contributed by atoms with Gasteiger partial charge >= 0.3 is 5.69 Å². The van der Waals surface area contributed by atoms with Crippen LogP contribution in [-0.4, -0.2) is 30.1 Å². The summed E-state index contributed by atoms with van der Waals surface area (Å²) in [4.78, 5) is 13.0. The Labute approximate surface area is 183 Å². The summed E-state index contributed by atoms with van der Waals surface area (Å²) in [5.74, 6) is 0. The van der Waals surface area contributed by atoms with E-state index in [0.29, 0.717) is 15.7 Å².